The molecule has 15 heavy (non-hydrogen) atoms. The van der Waals surface area contributed by atoms with Crippen LogP contribution in [0.5, 0.6) is 0 Å². The molecule has 0 amide bonds. The molecule has 76 valence electrons. The SMILES string of the molecule is O=C(O)c1cc(-c2ccc(F)cc2)ns1. The number of rotatable bonds is 2. The van der Waals surface area contributed by atoms with Crippen molar-refractivity contribution in [2.75, 3.05) is 0 Å². The van der Waals surface area contributed by atoms with Gasteiger partial charge >= 0.3 is 5.97 Å². The minimum absolute atomic E-state index is 0.175. The first kappa shape index (κ1) is 9.79. The molecule has 2 rings (SSSR count). The molecule has 0 aliphatic rings. The average molecular weight is 223 g/mol. The number of aromatic carboxylic acids is 1. The van der Waals surface area contributed by atoms with Crippen LogP contribution in [-0.4, -0.2) is 15.4 Å². The van der Waals surface area contributed by atoms with Crippen molar-refractivity contribution >= 4 is 17.5 Å². The quantitative estimate of drug-likeness (QED) is 0.851. The molecular weight excluding hydrogens is 217 g/mol. The molecule has 0 aliphatic carbocycles. The van der Waals surface area contributed by atoms with Crippen molar-refractivity contribution in [1.29, 1.82) is 0 Å². The normalized spacial score (nSPS) is 10.2. The number of carboxylic acids is 1. The lowest BCUT2D eigenvalue weighted by molar-refractivity contribution is 0.0702. The van der Waals surface area contributed by atoms with Gasteiger partial charge in [0.2, 0.25) is 0 Å². The Morgan fingerprint density at radius 1 is 1.33 bits per heavy atom. The molecule has 2 aromatic rings. The van der Waals surface area contributed by atoms with Gasteiger partial charge in [-0.05, 0) is 41.9 Å². The highest BCUT2D eigenvalue weighted by Gasteiger charge is 2.09. The standard InChI is InChI=1S/C10H6FNO2S/c11-7-3-1-6(2-4-7)8-5-9(10(13)14)15-12-8/h1-5H,(H,13,14). The van der Waals surface area contributed by atoms with Crippen molar-refractivity contribution in [1.82, 2.24) is 4.37 Å². The van der Waals surface area contributed by atoms with Gasteiger partial charge in [-0.1, -0.05) is 0 Å². The summed E-state index contributed by atoms with van der Waals surface area (Å²) in [4.78, 5) is 10.8. The Kier molecular flexibility index (Phi) is 2.47. The Morgan fingerprint density at radius 2 is 2.00 bits per heavy atom. The molecular formula is C10H6FNO2S. The second kappa shape index (κ2) is 3.78. The molecule has 3 nitrogen and oxygen atoms in total. The molecule has 5 heteroatoms. The molecule has 0 saturated heterocycles. The number of carbonyl (C=O) groups is 1. The van der Waals surface area contributed by atoms with Crippen LogP contribution < -0.4 is 0 Å². The highest BCUT2D eigenvalue weighted by Crippen LogP contribution is 2.21. The van der Waals surface area contributed by atoms with Gasteiger partial charge in [-0.25, -0.2) is 9.18 Å². The summed E-state index contributed by atoms with van der Waals surface area (Å²) < 4.78 is 16.6. The zero-order chi connectivity index (χ0) is 10.8. The van der Waals surface area contributed by atoms with Gasteiger partial charge in [-0.2, -0.15) is 4.37 Å². The van der Waals surface area contributed by atoms with E-state index in [4.69, 9.17) is 5.11 Å². The van der Waals surface area contributed by atoms with E-state index in [0.717, 1.165) is 11.5 Å². The van der Waals surface area contributed by atoms with Crippen LogP contribution >= 0.6 is 11.5 Å². The molecule has 0 saturated carbocycles. The van der Waals surface area contributed by atoms with Crippen molar-refractivity contribution in [3.8, 4) is 11.3 Å². The zero-order valence-corrected chi connectivity index (χ0v) is 8.29. The summed E-state index contributed by atoms with van der Waals surface area (Å²) in [5.41, 5.74) is 1.26. The highest BCUT2D eigenvalue weighted by molar-refractivity contribution is 7.08. The molecule has 0 radical (unpaired) electrons. The van der Waals surface area contributed by atoms with Crippen molar-refractivity contribution in [3.05, 3.63) is 41.0 Å². The molecule has 0 aliphatic heterocycles. The lowest BCUT2D eigenvalue weighted by atomic mass is 10.1. The summed E-state index contributed by atoms with van der Waals surface area (Å²) in [5, 5.41) is 8.70. The van der Waals surface area contributed by atoms with E-state index >= 15 is 0 Å². The Balaban J connectivity index is 2.37. The second-order valence-electron chi connectivity index (χ2n) is 2.89. The third kappa shape index (κ3) is 2.02. The number of halogens is 1. The molecule has 0 spiro atoms. The van der Waals surface area contributed by atoms with Crippen molar-refractivity contribution in [2.24, 2.45) is 0 Å². The van der Waals surface area contributed by atoms with E-state index in [-0.39, 0.29) is 10.7 Å². The highest BCUT2D eigenvalue weighted by atomic mass is 32.1. The van der Waals surface area contributed by atoms with Gasteiger partial charge in [0.15, 0.2) is 0 Å². The maximum atomic E-state index is 12.6. The van der Waals surface area contributed by atoms with Gasteiger partial charge in [-0.3, -0.25) is 0 Å². The monoisotopic (exact) mass is 223 g/mol. The second-order valence-corrected chi connectivity index (χ2v) is 3.69. The first-order valence-corrected chi connectivity index (χ1v) is 4.90. The van der Waals surface area contributed by atoms with Crippen LogP contribution in [0.15, 0.2) is 30.3 Å². The van der Waals surface area contributed by atoms with Crippen molar-refractivity contribution < 1.29 is 14.3 Å². The third-order valence-electron chi connectivity index (χ3n) is 1.86. The Hall–Kier alpha value is -1.75. The van der Waals surface area contributed by atoms with Gasteiger partial charge in [0.05, 0.1) is 5.69 Å². The summed E-state index contributed by atoms with van der Waals surface area (Å²) in [6.07, 6.45) is 0. The van der Waals surface area contributed by atoms with E-state index in [1.54, 1.807) is 12.1 Å². The van der Waals surface area contributed by atoms with Gasteiger partial charge < -0.3 is 5.11 Å². The van der Waals surface area contributed by atoms with Crippen LogP contribution in [0.25, 0.3) is 11.3 Å². The fraction of sp³-hybridized carbons (Fsp3) is 0. The van der Waals surface area contributed by atoms with Crippen LogP contribution in [0.1, 0.15) is 9.67 Å². The topological polar surface area (TPSA) is 50.2 Å². The molecule has 0 bridgehead atoms. The van der Waals surface area contributed by atoms with E-state index in [9.17, 15) is 9.18 Å². The predicted molar refractivity (Wildman–Crippen MR) is 54.5 cm³/mol. The Bertz CT molecular complexity index is 492. The number of hydrogen-bond donors (Lipinski definition) is 1. The number of aromatic nitrogens is 1. The first-order chi connectivity index (χ1) is 7.16. The van der Waals surface area contributed by atoms with Gasteiger partial charge in [0.1, 0.15) is 10.7 Å². The minimum Gasteiger partial charge on any atom is -0.477 e. The van der Waals surface area contributed by atoms with Gasteiger partial charge in [0.25, 0.3) is 0 Å². The van der Waals surface area contributed by atoms with Crippen molar-refractivity contribution in [3.63, 3.8) is 0 Å². The minimum atomic E-state index is -0.999. The number of nitrogens with zero attached hydrogens (tertiary/aromatic N) is 1. The zero-order valence-electron chi connectivity index (χ0n) is 7.48. The van der Waals surface area contributed by atoms with E-state index in [0.29, 0.717) is 11.3 Å². The summed E-state index contributed by atoms with van der Waals surface area (Å²) in [7, 11) is 0. The Labute approximate surface area is 89.0 Å². The summed E-state index contributed by atoms with van der Waals surface area (Å²) >= 11 is 0.913. The van der Waals surface area contributed by atoms with Gasteiger partial charge in [0, 0.05) is 5.56 Å². The lowest BCUT2D eigenvalue weighted by Gasteiger charge is -1.94. The van der Waals surface area contributed by atoms with Crippen LogP contribution in [0, 0.1) is 5.82 Å². The van der Waals surface area contributed by atoms with E-state index < -0.39 is 5.97 Å². The summed E-state index contributed by atoms with van der Waals surface area (Å²) in [6.45, 7) is 0. The largest absolute Gasteiger partial charge is 0.477 e. The summed E-state index contributed by atoms with van der Waals surface area (Å²) in [6, 6.07) is 7.23. The van der Waals surface area contributed by atoms with E-state index in [1.807, 2.05) is 0 Å². The number of carboxylic acid groups (broad SMARTS) is 1. The fourth-order valence-electron chi connectivity index (χ4n) is 1.13. The smallest absolute Gasteiger partial charge is 0.347 e. The van der Waals surface area contributed by atoms with E-state index in [2.05, 4.69) is 4.37 Å². The Morgan fingerprint density at radius 3 is 2.53 bits per heavy atom. The molecule has 0 unspecified atom stereocenters. The lowest BCUT2D eigenvalue weighted by Crippen LogP contribution is -1.89. The predicted octanol–water partition coefficient (Wildman–Crippen LogP) is 2.65. The average Bonchev–Trinajstić information content (AvgIpc) is 2.68. The maximum absolute atomic E-state index is 12.6. The first-order valence-electron chi connectivity index (χ1n) is 4.13. The van der Waals surface area contributed by atoms with Gasteiger partial charge in [-0.15, -0.1) is 0 Å². The number of hydrogen-bond acceptors (Lipinski definition) is 3. The van der Waals surface area contributed by atoms with Crippen LogP contribution in [0.4, 0.5) is 4.39 Å². The molecule has 1 aromatic heterocycles. The molecule has 1 heterocycles. The number of benzene rings is 1. The molecule has 1 aromatic carbocycles. The molecule has 0 atom stereocenters. The van der Waals surface area contributed by atoms with Crippen LogP contribution in [0.2, 0.25) is 0 Å². The fourth-order valence-corrected chi connectivity index (χ4v) is 1.73. The van der Waals surface area contributed by atoms with E-state index in [1.165, 1.54) is 18.2 Å². The van der Waals surface area contributed by atoms with Crippen LogP contribution in [-0.2, 0) is 0 Å². The maximum Gasteiger partial charge on any atom is 0.347 e. The molecule has 0 fully saturated rings. The summed E-state index contributed by atoms with van der Waals surface area (Å²) in [5.74, 6) is -1.33. The molecule has 1 N–H and O–H groups in total. The third-order valence-corrected chi connectivity index (χ3v) is 2.64. The van der Waals surface area contributed by atoms with Crippen molar-refractivity contribution in [2.45, 2.75) is 0 Å². The van der Waals surface area contributed by atoms with Crippen LogP contribution in [0.3, 0.4) is 0 Å².